The van der Waals surface area contributed by atoms with Crippen LogP contribution in [0.1, 0.15) is 17.3 Å². The van der Waals surface area contributed by atoms with Crippen LogP contribution in [0.5, 0.6) is 0 Å². The number of morpholine rings is 1. The molecule has 2 aromatic heterocycles. The largest absolute Gasteiger partial charge is 0.379 e. The second-order valence-corrected chi connectivity index (χ2v) is 5.76. The van der Waals surface area contributed by atoms with Crippen molar-refractivity contribution < 1.29 is 9.53 Å². The molecule has 0 aliphatic carbocycles. The zero-order valence-corrected chi connectivity index (χ0v) is 13.7. The van der Waals surface area contributed by atoms with Crippen LogP contribution in [0.3, 0.4) is 0 Å². The highest BCUT2D eigenvalue weighted by molar-refractivity contribution is 5.95. The minimum atomic E-state index is -0.101. The molecule has 1 fully saturated rings. The predicted octanol–water partition coefficient (Wildman–Crippen LogP) is 0.989. The van der Waals surface area contributed by atoms with Crippen molar-refractivity contribution in [3.05, 3.63) is 42.6 Å². The van der Waals surface area contributed by atoms with Crippen molar-refractivity contribution >= 4 is 5.91 Å². The summed E-state index contributed by atoms with van der Waals surface area (Å²) in [7, 11) is 0. The smallest absolute Gasteiger partial charge is 0.251 e. The van der Waals surface area contributed by atoms with Crippen LogP contribution in [0.15, 0.2) is 37.1 Å². The zero-order chi connectivity index (χ0) is 16.8. The summed E-state index contributed by atoms with van der Waals surface area (Å²) in [4.78, 5) is 27.0. The first-order valence-electron chi connectivity index (χ1n) is 8.05. The molecule has 24 heavy (non-hydrogen) atoms. The number of carbonyl (C=O) groups excluding carboxylic acids is 1. The summed E-state index contributed by atoms with van der Waals surface area (Å²) >= 11 is 0. The molecule has 7 nitrogen and oxygen atoms in total. The van der Waals surface area contributed by atoms with E-state index >= 15 is 0 Å². The van der Waals surface area contributed by atoms with E-state index in [2.05, 4.69) is 32.1 Å². The Hall–Kier alpha value is -2.38. The molecule has 1 N–H and O–H groups in total. The van der Waals surface area contributed by atoms with E-state index in [9.17, 15) is 4.79 Å². The molecule has 1 atom stereocenters. The van der Waals surface area contributed by atoms with Crippen molar-refractivity contribution in [2.45, 2.75) is 13.0 Å². The lowest BCUT2D eigenvalue weighted by molar-refractivity contribution is 0.0204. The third kappa shape index (κ3) is 4.12. The van der Waals surface area contributed by atoms with Gasteiger partial charge in [-0.05, 0) is 19.1 Å². The van der Waals surface area contributed by atoms with E-state index in [0.29, 0.717) is 17.8 Å². The van der Waals surface area contributed by atoms with Gasteiger partial charge in [0.2, 0.25) is 0 Å². The van der Waals surface area contributed by atoms with Crippen LogP contribution in [0.25, 0.3) is 11.3 Å². The number of hydrogen-bond donors (Lipinski definition) is 1. The Kier molecular flexibility index (Phi) is 5.45. The van der Waals surface area contributed by atoms with Crippen molar-refractivity contribution in [1.29, 1.82) is 0 Å². The van der Waals surface area contributed by atoms with Gasteiger partial charge in [0.1, 0.15) is 6.33 Å². The Bertz CT molecular complexity index is 674. The van der Waals surface area contributed by atoms with Crippen molar-refractivity contribution in [1.82, 2.24) is 25.2 Å². The van der Waals surface area contributed by atoms with E-state index in [-0.39, 0.29) is 11.9 Å². The van der Waals surface area contributed by atoms with Crippen LogP contribution < -0.4 is 5.32 Å². The van der Waals surface area contributed by atoms with Gasteiger partial charge in [-0.25, -0.2) is 9.97 Å². The summed E-state index contributed by atoms with van der Waals surface area (Å²) in [5.41, 5.74) is 2.05. The number of aromatic nitrogens is 3. The molecule has 0 radical (unpaired) electrons. The lowest BCUT2D eigenvalue weighted by Crippen LogP contribution is -2.47. The van der Waals surface area contributed by atoms with Gasteiger partial charge >= 0.3 is 0 Å². The molecular formula is C17H21N5O2. The average Bonchev–Trinajstić information content (AvgIpc) is 2.67. The van der Waals surface area contributed by atoms with Gasteiger partial charge in [-0.15, -0.1) is 0 Å². The fourth-order valence-electron chi connectivity index (χ4n) is 2.65. The molecule has 0 spiro atoms. The summed E-state index contributed by atoms with van der Waals surface area (Å²) < 4.78 is 5.35. The molecule has 2 aromatic rings. The van der Waals surface area contributed by atoms with Gasteiger partial charge in [-0.3, -0.25) is 14.7 Å². The lowest BCUT2D eigenvalue weighted by Gasteiger charge is -2.32. The fraction of sp³-hybridized carbons (Fsp3) is 0.412. The second-order valence-electron chi connectivity index (χ2n) is 5.76. The van der Waals surface area contributed by atoms with Crippen LogP contribution in [0, 0.1) is 0 Å². The standard InChI is InChI=1S/C17H21N5O2/c1-13(22-4-6-24-7-5-22)9-21-17(23)14-2-3-20-16(8-14)15-10-18-12-19-11-15/h2-3,8,10-13H,4-7,9H2,1H3,(H,21,23)/t13-/m1/s1. The topological polar surface area (TPSA) is 80.2 Å². The predicted molar refractivity (Wildman–Crippen MR) is 89.5 cm³/mol. The van der Waals surface area contributed by atoms with Crippen LogP contribution in [0.2, 0.25) is 0 Å². The first kappa shape index (κ1) is 16.5. The van der Waals surface area contributed by atoms with Gasteiger partial charge in [0.05, 0.1) is 18.9 Å². The van der Waals surface area contributed by atoms with Crippen molar-refractivity contribution in [3.63, 3.8) is 0 Å². The summed E-state index contributed by atoms with van der Waals surface area (Å²) in [6.07, 6.45) is 6.45. The number of amides is 1. The van der Waals surface area contributed by atoms with Gasteiger partial charge in [0.15, 0.2) is 0 Å². The van der Waals surface area contributed by atoms with Crippen LogP contribution in [-0.4, -0.2) is 64.6 Å². The van der Waals surface area contributed by atoms with Gasteiger partial charge in [-0.1, -0.05) is 0 Å². The maximum Gasteiger partial charge on any atom is 0.251 e. The number of nitrogens with zero attached hydrogens (tertiary/aromatic N) is 4. The molecule has 0 bridgehead atoms. The molecule has 1 saturated heterocycles. The minimum Gasteiger partial charge on any atom is -0.379 e. The highest BCUT2D eigenvalue weighted by atomic mass is 16.5. The molecule has 1 aliphatic rings. The molecular weight excluding hydrogens is 306 g/mol. The van der Waals surface area contributed by atoms with Gasteiger partial charge in [0, 0.05) is 55.4 Å². The Labute approximate surface area is 141 Å². The SMILES string of the molecule is C[C@H](CNC(=O)c1ccnc(-c2cncnc2)c1)N1CCOCC1. The summed E-state index contributed by atoms with van der Waals surface area (Å²) in [6, 6.07) is 3.75. The number of carbonyl (C=O) groups is 1. The molecule has 126 valence electrons. The molecule has 0 aromatic carbocycles. The number of rotatable bonds is 5. The van der Waals surface area contributed by atoms with E-state index in [1.165, 1.54) is 6.33 Å². The number of hydrogen-bond acceptors (Lipinski definition) is 6. The molecule has 7 heteroatoms. The fourth-order valence-corrected chi connectivity index (χ4v) is 2.65. The van der Waals surface area contributed by atoms with Crippen molar-refractivity contribution in [2.75, 3.05) is 32.8 Å². The zero-order valence-electron chi connectivity index (χ0n) is 13.7. The van der Waals surface area contributed by atoms with E-state index in [0.717, 1.165) is 31.9 Å². The summed E-state index contributed by atoms with van der Waals surface area (Å²) in [6.45, 7) is 6.04. The second kappa shape index (κ2) is 7.94. The van der Waals surface area contributed by atoms with Gasteiger partial charge < -0.3 is 10.1 Å². The first-order chi connectivity index (χ1) is 11.7. The number of pyridine rings is 1. The van der Waals surface area contributed by atoms with Crippen LogP contribution >= 0.6 is 0 Å². The molecule has 3 rings (SSSR count). The molecule has 3 heterocycles. The Morgan fingerprint density at radius 1 is 1.33 bits per heavy atom. The third-order valence-corrected chi connectivity index (χ3v) is 4.11. The molecule has 0 saturated carbocycles. The van der Waals surface area contributed by atoms with E-state index in [1.54, 1.807) is 30.7 Å². The summed E-state index contributed by atoms with van der Waals surface area (Å²) in [5, 5.41) is 2.99. The molecule has 1 amide bonds. The van der Waals surface area contributed by atoms with Crippen LogP contribution in [-0.2, 0) is 4.74 Å². The quantitative estimate of drug-likeness (QED) is 0.882. The minimum absolute atomic E-state index is 0.101. The molecule has 1 aliphatic heterocycles. The van der Waals surface area contributed by atoms with Crippen LogP contribution in [0.4, 0.5) is 0 Å². The highest BCUT2D eigenvalue weighted by Gasteiger charge is 2.18. The Morgan fingerprint density at radius 2 is 2.08 bits per heavy atom. The van der Waals surface area contributed by atoms with Crippen molar-refractivity contribution in [3.8, 4) is 11.3 Å². The van der Waals surface area contributed by atoms with E-state index in [1.807, 2.05) is 0 Å². The normalized spacial score (nSPS) is 16.5. The highest BCUT2D eigenvalue weighted by Crippen LogP contribution is 2.15. The Morgan fingerprint density at radius 3 is 2.83 bits per heavy atom. The van der Waals surface area contributed by atoms with Gasteiger partial charge in [0.25, 0.3) is 5.91 Å². The van der Waals surface area contributed by atoms with Gasteiger partial charge in [-0.2, -0.15) is 0 Å². The maximum atomic E-state index is 12.4. The van der Waals surface area contributed by atoms with Crippen molar-refractivity contribution in [2.24, 2.45) is 0 Å². The number of nitrogens with one attached hydrogen (secondary N) is 1. The van der Waals surface area contributed by atoms with E-state index < -0.39 is 0 Å². The average molecular weight is 327 g/mol. The van der Waals surface area contributed by atoms with E-state index in [4.69, 9.17) is 4.74 Å². The number of ether oxygens (including phenoxy) is 1. The maximum absolute atomic E-state index is 12.4. The molecule has 0 unspecified atom stereocenters. The Balaban J connectivity index is 1.61. The summed E-state index contributed by atoms with van der Waals surface area (Å²) in [5.74, 6) is -0.101. The monoisotopic (exact) mass is 327 g/mol. The lowest BCUT2D eigenvalue weighted by atomic mass is 10.1. The first-order valence-corrected chi connectivity index (χ1v) is 8.05. The third-order valence-electron chi connectivity index (χ3n) is 4.11.